The van der Waals surface area contributed by atoms with Crippen LogP contribution in [-0.4, -0.2) is 17.4 Å². The number of nitrogens with zero attached hydrogens (tertiary/aromatic N) is 3. The van der Waals surface area contributed by atoms with Crippen LogP contribution in [0.15, 0.2) is 59.8 Å². The molecular weight excluding hydrogens is 274 g/mol. The van der Waals surface area contributed by atoms with Crippen LogP contribution in [0.3, 0.4) is 0 Å². The minimum atomic E-state index is -3.67. The number of benzene rings is 1. The quantitative estimate of drug-likeness (QED) is 0.722. The Bertz CT molecular complexity index is 922. The number of pyridine rings is 1. The van der Waals surface area contributed by atoms with Gasteiger partial charge in [0.15, 0.2) is 0 Å². The van der Waals surface area contributed by atoms with E-state index in [-0.39, 0.29) is 10.6 Å². The predicted octanol–water partition coefficient (Wildman–Crippen LogP) is 2.14. The summed E-state index contributed by atoms with van der Waals surface area (Å²) in [5.41, 5.74) is 0.626. The zero-order valence-corrected chi connectivity index (χ0v) is 11.1. The van der Waals surface area contributed by atoms with Gasteiger partial charge in [0, 0.05) is 17.8 Å². The highest BCUT2D eigenvalue weighted by molar-refractivity contribution is 7.90. The lowest BCUT2D eigenvalue weighted by molar-refractivity contribution is 0.589. The summed E-state index contributed by atoms with van der Waals surface area (Å²) in [4.78, 5) is 4.13. The van der Waals surface area contributed by atoms with Crippen LogP contribution in [0.25, 0.3) is 10.9 Å². The maximum Gasteiger partial charge on any atom is 0.268 e. The average molecular weight is 283 g/mol. The summed E-state index contributed by atoms with van der Waals surface area (Å²) in [6, 6.07) is 13.2. The lowest BCUT2D eigenvalue weighted by Gasteiger charge is -2.07. The van der Waals surface area contributed by atoms with E-state index >= 15 is 0 Å². The van der Waals surface area contributed by atoms with Crippen LogP contribution in [0.5, 0.6) is 0 Å². The Morgan fingerprint density at radius 2 is 1.90 bits per heavy atom. The molecule has 1 aromatic carbocycles. The molecule has 6 heteroatoms. The topological polar surface area (TPSA) is 75.8 Å². The summed E-state index contributed by atoms with van der Waals surface area (Å²) in [7, 11) is -3.67. The Kier molecular flexibility index (Phi) is 2.77. The molecule has 0 saturated heterocycles. The molecule has 0 amide bonds. The summed E-state index contributed by atoms with van der Waals surface area (Å²) in [6.07, 6.45) is 2.96. The lowest BCUT2D eigenvalue weighted by Crippen LogP contribution is -2.11. The summed E-state index contributed by atoms with van der Waals surface area (Å²) in [6.45, 7) is 0. The van der Waals surface area contributed by atoms with E-state index in [9.17, 15) is 8.42 Å². The molecule has 2 aromatic heterocycles. The van der Waals surface area contributed by atoms with Crippen LogP contribution in [0.1, 0.15) is 5.69 Å². The maximum atomic E-state index is 12.6. The van der Waals surface area contributed by atoms with Crippen LogP contribution >= 0.6 is 0 Å². The van der Waals surface area contributed by atoms with E-state index in [0.717, 1.165) is 0 Å². The van der Waals surface area contributed by atoms with Crippen molar-refractivity contribution in [3.05, 3.63) is 60.6 Å². The number of fused-ring (bicyclic) bond motifs is 1. The summed E-state index contributed by atoms with van der Waals surface area (Å²) in [5, 5.41) is 9.54. The number of hydrogen-bond acceptors (Lipinski definition) is 4. The normalized spacial score (nSPS) is 11.3. The molecule has 0 aliphatic rings. The Balaban J connectivity index is 2.28. The van der Waals surface area contributed by atoms with Gasteiger partial charge in [0.25, 0.3) is 10.0 Å². The van der Waals surface area contributed by atoms with Gasteiger partial charge >= 0.3 is 0 Å². The number of nitriles is 1. The third-order valence-electron chi connectivity index (χ3n) is 2.95. The molecule has 0 bridgehead atoms. The van der Waals surface area contributed by atoms with E-state index in [1.165, 1.54) is 34.6 Å². The first-order chi connectivity index (χ1) is 9.63. The highest BCUT2D eigenvalue weighted by Gasteiger charge is 2.18. The molecule has 3 aromatic rings. The van der Waals surface area contributed by atoms with Crippen molar-refractivity contribution in [1.29, 1.82) is 5.26 Å². The molecule has 0 unspecified atom stereocenters. The fourth-order valence-electron chi connectivity index (χ4n) is 1.98. The first-order valence-electron chi connectivity index (χ1n) is 5.81. The fraction of sp³-hybridized carbons (Fsp3) is 0. The van der Waals surface area contributed by atoms with E-state index in [4.69, 9.17) is 5.26 Å². The van der Waals surface area contributed by atoms with Gasteiger partial charge in [-0.1, -0.05) is 18.2 Å². The molecule has 0 atom stereocenters. The Morgan fingerprint density at radius 3 is 2.60 bits per heavy atom. The monoisotopic (exact) mass is 283 g/mol. The van der Waals surface area contributed by atoms with Crippen molar-refractivity contribution in [3.63, 3.8) is 0 Å². The minimum absolute atomic E-state index is 0.181. The Morgan fingerprint density at radius 1 is 1.15 bits per heavy atom. The summed E-state index contributed by atoms with van der Waals surface area (Å²) >= 11 is 0. The third kappa shape index (κ3) is 1.85. The van der Waals surface area contributed by atoms with Crippen molar-refractivity contribution in [1.82, 2.24) is 8.96 Å². The number of hydrogen-bond donors (Lipinski definition) is 0. The molecule has 20 heavy (non-hydrogen) atoms. The second kappa shape index (κ2) is 4.47. The van der Waals surface area contributed by atoms with Crippen LogP contribution in [0.4, 0.5) is 0 Å². The van der Waals surface area contributed by atoms with Crippen LogP contribution in [-0.2, 0) is 10.0 Å². The molecule has 5 nitrogen and oxygen atoms in total. The SMILES string of the molecule is N#Cc1cc2c(ccn2S(=O)(=O)c2ccccc2)cn1. The van der Waals surface area contributed by atoms with Gasteiger partial charge in [-0.25, -0.2) is 17.4 Å². The molecule has 2 heterocycles. The van der Waals surface area contributed by atoms with E-state index < -0.39 is 10.0 Å². The van der Waals surface area contributed by atoms with E-state index in [0.29, 0.717) is 10.9 Å². The van der Waals surface area contributed by atoms with Crippen molar-refractivity contribution in [2.24, 2.45) is 0 Å². The molecular formula is C14H9N3O2S. The summed E-state index contributed by atoms with van der Waals surface area (Å²) in [5.74, 6) is 0. The van der Waals surface area contributed by atoms with Gasteiger partial charge in [-0.05, 0) is 24.3 Å². The highest BCUT2D eigenvalue weighted by Crippen LogP contribution is 2.21. The molecule has 98 valence electrons. The zero-order chi connectivity index (χ0) is 14.2. The second-order valence-corrected chi connectivity index (χ2v) is 5.98. The van der Waals surface area contributed by atoms with Crippen LogP contribution in [0.2, 0.25) is 0 Å². The van der Waals surface area contributed by atoms with Crippen molar-refractivity contribution in [2.75, 3.05) is 0 Å². The summed E-state index contributed by atoms with van der Waals surface area (Å²) < 4.78 is 26.3. The van der Waals surface area contributed by atoms with Crippen molar-refractivity contribution in [3.8, 4) is 6.07 Å². The smallest absolute Gasteiger partial charge is 0.245 e. The van der Waals surface area contributed by atoms with Gasteiger partial charge in [0.1, 0.15) is 11.8 Å². The average Bonchev–Trinajstić information content (AvgIpc) is 2.91. The van der Waals surface area contributed by atoms with Gasteiger partial charge in [0.2, 0.25) is 0 Å². The number of aromatic nitrogens is 2. The number of rotatable bonds is 2. The first-order valence-corrected chi connectivity index (χ1v) is 7.25. The maximum absolute atomic E-state index is 12.6. The second-order valence-electron chi connectivity index (χ2n) is 4.17. The minimum Gasteiger partial charge on any atom is -0.245 e. The van der Waals surface area contributed by atoms with Crippen molar-refractivity contribution in [2.45, 2.75) is 4.90 Å². The van der Waals surface area contributed by atoms with Gasteiger partial charge < -0.3 is 0 Å². The van der Waals surface area contributed by atoms with Gasteiger partial charge in [-0.15, -0.1) is 0 Å². The van der Waals surface area contributed by atoms with Gasteiger partial charge in [-0.2, -0.15) is 5.26 Å². The van der Waals surface area contributed by atoms with Gasteiger partial charge in [-0.3, -0.25) is 0 Å². The molecule has 0 fully saturated rings. The Labute approximate surface area is 115 Å². The lowest BCUT2D eigenvalue weighted by atomic mass is 10.3. The molecule has 0 aliphatic carbocycles. The fourth-order valence-corrected chi connectivity index (χ4v) is 3.35. The van der Waals surface area contributed by atoms with E-state index in [1.807, 2.05) is 6.07 Å². The highest BCUT2D eigenvalue weighted by atomic mass is 32.2. The molecule has 3 rings (SSSR count). The molecule has 0 N–H and O–H groups in total. The molecule has 0 radical (unpaired) electrons. The molecule has 0 saturated carbocycles. The zero-order valence-electron chi connectivity index (χ0n) is 10.3. The van der Waals surface area contributed by atoms with Crippen molar-refractivity contribution < 1.29 is 8.42 Å². The van der Waals surface area contributed by atoms with Crippen molar-refractivity contribution >= 4 is 20.9 Å². The van der Waals surface area contributed by atoms with E-state index in [2.05, 4.69) is 4.98 Å². The third-order valence-corrected chi connectivity index (χ3v) is 4.66. The van der Waals surface area contributed by atoms with Gasteiger partial charge in [0.05, 0.1) is 10.4 Å². The van der Waals surface area contributed by atoms with Crippen LogP contribution in [0, 0.1) is 11.3 Å². The van der Waals surface area contributed by atoms with E-state index in [1.54, 1.807) is 24.3 Å². The largest absolute Gasteiger partial charge is 0.268 e. The first kappa shape index (κ1) is 12.4. The molecule has 0 aliphatic heterocycles. The standard InChI is InChI=1S/C14H9N3O2S/c15-9-12-8-14-11(10-16-12)6-7-17(14)20(18,19)13-4-2-1-3-5-13/h1-8,10H. The predicted molar refractivity (Wildman–Crippen MR) is 73.5 cm³/mol. The Hall–Kier alpha value is -2.65. The van der Waals surface area contributed by atoms with Crippen LogP contribution < -0.4 is 0 Å². The molecule has 0 spiro atoms.